The molecule has 0 fully saturated rings. The Morgan fingerprint density at radius 3 is 2.55 bits per heavy atom. The molecule has 0 aliphatic rings. The van der Waals surface area contributed by atoms with E-state index in [9.17, 15) is 14.4 Å². The van der Waals surface area contributed by atoms with E-state index >= 15 is 0 Å². The first-order valence-electron chi connectivity index (χ1n) is 13.2. The van der Waals surface area contributed by atoms with Crippen LogP contribution in [0.1, 0.15) is 22.0 Å². The normalized spacial score (nSPS) is 11.4. The van der Waals surface area contributed by atoms with E-state index in [-0.39, 0.29) is 30.5 Å². The molecule has 0 spiro atoms. The van der Waals surface area contributed by atoms with Crippen molar-refractivity contribution in [1.82, 2.24) is 34.0 Å². The average Bonchev–Trinajstić information content (AvgIpc) is 3.52. The van der Waals surface area contributed by atoms with Gasteiger partial charge in [-0.3, -0.25) is 18.7 Å². The molecule has 13 heteroatoms. The molecule has 0 radical (unpaired) electrons. The maximum Gasteiger partial charge on any atom is 0.331 e. The molecule has 0 saturated heterocycles. The average molecular weight is 565 g/mol. The number of aromatic amines is 1. The van der Waals surface area contributed by atoms with E-state index in [1.54, 1.807) is 48.5 Å². The van der Waals surface area contributed by atoms with Crippen LogP contribution in [0.25, 0.3) is 33.0 Å². The van der Waals surface area contributed by atoms with Crippen molar-refractivity contribution in [3.05, 3.63) is 98.7 Å². The van der Waals surface area contributed by atoms with Crippen molar-refractivity contribution in [2.75, 3.05) is 6.54 Å². The second kappa shape index (κ2) is 10.4. The zero-order valence-electron chi connectivity index (χ0n) is 23.0. The number of imidazole rings is 2. The molecule has 6 aromatic rings. The lowest BCUT2D eigenvalue weighted by atomic mass is 10.2. The predicted molar refractivity (Wildman–Crippen MR) is 161 cm³/mol. The molecule has 3 aromatic heterocycles. The Kier molecular flexibility index (Phi) is 6.53. The smallest absolute Gasteiger partial charge is 0.331 e. The van der Waals surface area contributed by atoms with E-state index in [4.69, 9.17) is 16.5 Å². The largest absolute Gasteiger partial charge is 0.370 e. The fourth-order valence-electron chi connectivity index (χ4n) is 5.08. The third kappa shape index (κ3) is 4.76. The van der Waals surface area contributed by atoms with Gasteiger partial charge in [-0.15, -0.1) is 0 Å². The molecule has 6 rings (SSSR count). The van der Waals surface area contributed by atoms with Crippen LogP contribution in [0.4, 0.5) is 5.69 Å². The Balaban J connectivity index is 1.19. The van der Waals surface area contributed by atoms with E-state index in [1.165, 1.54) is 11.6 Å². The van der Waals surface area contributed by atoms with Crippen LogP contribution in [0.15, 0.2) is 75.2 Å². The summed E-state index contributed by atoms with van der Waals surface area (Å²) in [7, 11) is 3.34. The molecule has 0 bridgehead atoms. The summed E-state index contributed by atoms with van der Waals surface area (Å²) in [6.45, 7) is 0.412. The number of fused-ring (bicyclic) bond motifs is 3. The SMILES string of the molecule is Cn1c(=O)c2ccccc2n(CCNC(=O)c2ccc3nc(Cc4nc5ccc(N=C(N)N)cc5[nH]4)n(C)c3c2)c1=O. The maximum absolute atomic E-state index is 13.0. The third-order valence-electron chi connectivity index (χ3n) is 7.20. The quantitative estimate of drug-likeness (QED) is 0.167. The van der Waals surface area contributed by atoms with E-state index in [2.05, 4.69) is 20.3 Å². The minimum atomic E-state index is -0.435. The predicted octanol–water partition coefficient (Wildman–Crippen LogP) is 1.39. The molecule has 1 amide bonds. The van der Waals surface area contributed by atoms with E-state index in [0.717, 1.165) is 38.3 Å². The topological polar surface area (TPSA) is 184 Å². The summed E-state index contributed by atoms with van der Waals surface area (Å²) in [5.74, 6) is 1.20. The summed E-state index contributed by atoms with van der Waals surface area (Å²) < 4.78 is 4.50. The van der Waals surface area contributed by atoms with Crippen LogP contribution in [0.5, 0.6) is 0 Å². The molecule has 0 atom stereocenters. The van der Waals surface area contributed by atoms with Gasteiger partial charge in [-0.25, -0.2) is 19.8 Å². The lowest BCUT2D eigenvalue weighted by Gasteiger charge is -2.12. The number of rotatable bonds is 7. The number of aromatic nitrogens is 6. The molecule has 0 aliphatic carbocycles. The van der Waals surface area contributed by atoms with Gasteiger partial charge in [0.15, 0.2) is 5.96 Å². The Morgan fingerprint density at radius 2 is 1.74 bits per heavy atom. The number of guanidine groups is 1. The summed E-state index contributed by atoms with van der Waals surface area (Å²) in [5, 5.41) is 3.33. The number of nitrogens with zero attached hydrogens (tertiary/aromatic N) is 6. The summed E-state index contributed by atoms with van der Waals surface area (Å²) in [6.07, 6.45) is 0.446. The Morgan fingerprint density at radius 1 is 0.952 bits per heavy atom. The second-order valence-corrected chi connectivity index (χ2v) is 9.96. The molecule has 6 N–H and O–H groups in total. The summed E-state index contributed by atoms with van der Waals surface area (Å²) >= 11 is 0. The molecular formula is C29H28N10O3. The van der Waals surface area contributed by atoms with Crippen LogP contribution in [-0.2, 0) is 27.1 Å². The van der Waals surface area contributed by atoms with Crippen LogP contribution in [0.2, 0.25) is 0 Å². The molecule has 3 aromatic carbocycles. The monoisotopic (exact) mass is 564 g/mol. The third-order valence-corrected chi connectivity index (χ3v) is 7.20. The van der Waals surface area contributed by atoms with Gasteiger partial charge in [-0.1, -0.05) is 12.1 Å². The number of nitrogens with two attached hydrogens (primary N) is 2. The van der Waals surface area contributed by atoms with Crippen molar-refractivity contribution in [3.63, 3.8) is 0 Å². The number of carbonyl (C=O) groups excluding carboxylic acids is 1. The number of aliphatic imine (C=N–C) groups is 1. The number of para-hydroxylation sites is 1. The number of amides is 1. The van der Waals surface area contributed by atoms with Crippen LogP contribution in [0, 0.1) is 0 Å². The fourth-order valence-corrected chi connectivity index (χ4v) is 5.08. The van der Waals surface area contributed by atoms with Gasteiger partial charge >= 0.3 is 5.69 Å². The van der Waals surface area contributed by atoms with Crippen molar-refractivity contribution in [1.29, 1.82) is 0 Å². The molecule has 212 valence electrons. The van der Waals surface area contributed by atoms with E-state index < -0.39 is 5.69 Å². The number of hydrogen-bond acceptors (Lipinski definition) is 6. The van der Waals surface area contributed by atoms with Gasteiger partial charge in [0, 0.05) is 32.7 Å². The van der Waals surface area contributed by atoms with Crippen LogP contribution >= 0.6 is 0 Å². The molecule has 13 nitrogen and oxygen atoms in total. The Bertz CT molecular complexity index is 2160. The summed E-state index contributed by atoms with van der Waals surface area (Å²) in [4.78, 5) is 55.0. The van der Waals surface area contributed by atoms with E-state index in [1.807, 2.05) is 23.7 Å². The highest BCUT2D eigenvalue weighted by Crippen LogP contribution is 2.22. The van der Waals surface area contributed by atoms with Crippen molar-refractivity contribution >= 4 is 50.5 Å². The molecule has 42 heavy (non-hydrogen) atoms. The van der Waals surface area contributed by atoms with E-state index in [0.29, 0.717) is 28.6 Å². The maximum atomic E-state index is 13.0. The zero-order valence-corrected chi connectivity index (χ0v) is 23.0. The van der Waals surface area contributed by atoms with Crippen LogP contribution in [0.3, 0.4) is 0 Å². The van der Waals surface area contributed by atoms with Crippen molar-refractivity contribution in [2.45, 2.75) is 13.0 Å². The number of carbonyl (C=O) groups is 1. The summed E-state index contributed by atoms with van der Waals surface area (Å²) in [6, 6.07) is 17.7. The van der Waals surface area contributed by atoms with Gasteiger partial charge in [0.05, 0.1) is 45.1 Å². The highest BCUT2D eigenvalue weighted by molar-refractivity contribution is 5.97. The second-order valence-electron chi connectivity index (χ2n) is 9.96. The van der Waals surface area contributed by atoms with Gasteiger partial charge < -0.3 is 26.3 Å². The van der Waals surface area contributed by atoms with Gasteiger partial charge in [0.1, 0.15) is 11.6 Å². The van der Waals surface area contributed by atoms with Crippen molar-refractivity contribution in [2.24, 2.45) is 30.6 Å². The molecule has 3 heterocycles. The molecule has 0 saturated carbocycles. The lowest BCUT2D eigenvalue weighted by molar-refractivity contribution is 0.0952. The highest BCUT2D eigenvalue weighted by Gasteiger charge is 2.15. The van der Waals surface area contributed by atoms with Crippen molar-refractivity contribution in [3.8, 4) is 0 Å². The number of H-pyrrole nitrogens is 1. The Hall–Kier alpha value is -5.72. The van der Waals surface area contributed by atoms with Gasteiger partial charge in [0.25, 0.3) is 11.5 Å². The fraction of sp³-hybridized carbons (Fsp3) is 0.172. The standard InChI is InChI=1S/C29H28N10O3/c1-37-23-13-16(26(40)32-11-12-39-22-6-4-3-5-18(22)27(41)38(2)29(39)42)7-9-20(23)36-25(37)15-24-34-19-10-8-17(33-28(30)31)14-21(19)35-24/h3-10,13-14H,11-12,15H2,1-2H3,(H,32,40)(H,34,35)(H4,30,31,33). The van der Waals surface area contributed by atoms with Gasteiger partial charge in [0.2, 0.25) is 0 Å². The molecule has 0 aliphatic heterocycles. The zero-order chi connectivity index (χ0) is 29.5. The first kappa shape index (κ1) is 26.5. The number of hydrogen-bond donors (Lipinski definition) is 4. The van der Waals surface area contributed by atoms with Crippen molar-refractivity contribution < 1.29 is 4.79 Å². The molecular weight excluding hydrogens is 536 g/mol. The minimum absolute atomic E-state index is 0.0183. The number of aryl methyl sites for hydroxylation is 1. The highest BCUT2D eigenvalue weighted by atomic mass is 16.2. The first-order chi connectivity index (χ1) is 20.2. The van der Waals surface area contributed by atoms with Gasteiger partial charge in [-0.05, 0) is 48.5 Å². The van der Waals surface area contributed by atoms with Crippen LogP contribution < -0.4 is 28.0 Å². The lowest BCUT2D eigenvalue weighted by Crippen LogP contribution is -2.40. The number of nitrogens with one attached hydrogen (secondary N) is 2. The number of benzene rings is 3. The first-order valence-corrected chi connectivity index (χ1v) is 13.2. The van der Waals surface area contributed by atoms with Gasteiger partial charge in [-0.2, -0.15) is 0 Å². The minimum Gasteiger partial charge on any atom is -0.370 e. The Labute approximate surface area is 238 Å². The summed E-state index contributed by atoms with van der Waals surface area (Å²) in [5.41, 5.74) is 14.9. The van der Waals surface area contributed by atoms with Crippen LogP contribution in [-0.4, -0.2) is 47.1 Å². The molecule has 0 unspecified atom stereocenters.